The number of amides is 1. The van der Waals surface area contributed by atoms with Crippen LogP contribution in [0.4, 0.5) is 4.48 Å². The molecule has 0 fully saturated rings. The summed E-state index contributed by atoms with van der Waals surface area (Å²) in [5.41, 5.74) is 0. The highest BCUT2D eigenvalue weighted by Gasteiger charge is 2.38. The molecule has 0 saturated heterocycles. The third-order valence-corrected chi connectivity index (χ3v) is 3.73. The first-order chi connectivity index (χ1) is 7.03. The van der Waals surface area contributed by atoms with Gasteiger partial charge in [-0.3, -0.25) is 4.79 Å². The molecular weight excluding hydrogens is 221 g/mol. The summed E-state index contributed by atoms with van der Waals surface area (Å²) in [7, 11) is -3.85. The maximum Gasteiger partial charge on any atom is 0.299 e. The smallest absolute Gasteiger partial charge is 0.265 e. The zero-order valence-corrected chi connectivity index (χ0v) is 8.24. The molecule has 0 saturated carbocycles. The van der Waals surface area contributed by atoms with E-state index in [0.29, 0.717) is 6.20 Å². The number of hydrogen-bond acceptors (Lipinski definition) is 3. The molecule has 0 radical (unpaired) electrons. The lowest BCUT2D eigenvalue weighted by Gasteiger charge is -2.19. The topological polar surface area (TPSA) is 54.5 Å². The number of nitrogens with zero attached hydrogens (tertiary/aromatic N) is 1. The van der Waals surface area contributed by atoms with Crippen LogP contribution in [0.15, 0.2) is 46.3 Å². The second-order valence-electron chi connectivity index (χ2n) is 2.93. The predicted molar refractivity (Wildman–Crippen MR) is 49.7 cm³/mol. The second-order valence-corrected chi connectivity index (χ2v) is 4.84. The minimum Gasteiger partial charge on any atom is -0.265 e. The monoisotopic (exact) mass is 227 g/mol. The molecule has 4 nitrogen and oxygen atoms in total. The number of sulfone groups is 1. The predicted octanol–water partition coefficient (Wildman–Crippen LogP) is 1.03. The molecule has 0 aliphatic carbocycles. The molecule has 1 aromatic carbocycles. The van der Waals surface area contributed by atoms with Gasteiger partial charge in [0.2, 0.25) is 9.84 Å². The normalized spacial score (nSPS) is 15.9. The number of halogens is 1. The van der Waals surface area contributed by atoms with Crippen molar-refractivity contribution in [3.05, 3.63) is 41.4 Å². The quantitative estimate of drug-likeness (QED) is 0.709. The van der Waals surface area contributed by atoms with Crippen LogP contribution in [0.1, 0.15) is 0 Å². The fourth-order valence-electron chi connectivity index (χ4n) is 1.17. The van der Waals surface area contributed by atoms with Crippen molar-refractivity contribution in [1.29, 1.82) is 0 Å². The standard InChI is InChI=1S/C9H6FNO3S/c10-11-6-8(9(11)12)15(13,14)7-4-2-1-3-5-7/h1-6H. The van der Waals surface area contributed by atoms with Gasteiger partial charge in [-0.25, -0.2) is 8.42 Å². The molecule has 0 spiro atoms. The zero-order chi connectivity index (χ0) is 11.1. The van der Waals surface area contributed by atoms with Gasteiger partial charge in [-0.2, -0.15) is 0 Å². The van der Waals surface area contributed by atoms with Crippen molar-refractivity contribution in [3.8, 4) is 0 Å². The lowest BCUT2D eigenvalue weighted by atomic mass is 10.4. The van der Waals surface area contributed by atoms with Gasteiger partial charge in [0.05, 0.1) is 11.1 Å². The van der Waals surface area contributed by atoms with Crippen molar-refractivity contribution in [2.75, 3.05) is 0 Å². The molecule has 1 aromatic rings. The number of benzene rings is 1. The van der Waals surface area contributed by atoms with Gasteiger partial charge in [0.15, 0.2) is 4.91 Å². The Bertz CT molecular complexity index is 536. The second kappa shape index (κ2) is 3.16. The molecule has 2 rings (SSSR count). The Morgan fingerprint density at radius 2 is 1.73 bits per heavy atom. The van der Waals surface area contributed by atoms with Crippen molar-refractivity contribution < 1.29 is 17.7 Å². The van der Waals surface area contributed by atoms with Crippen molar-refractivity contribution >= 4 is 15.7 Å². The molecule has 78 valence electrons. The van der Waals surface area contributed by atoms with Gasteiger partial charge < -0.3 is 0 Å². The highest BCUT2D eigenvalue weighted by atomic mass is 32.2. The number of rotatable bonds is 2. The molecule has 1 aliphatic rings. The van der Waals surface area contributed by atoms with E-state index in [1.54, 1.807) is 6.07 Å². The van der Waals surface area contributed by atoms with Crippen LogP contribution in [0, 0.1) is 0 Å². The Morgan fingerprint density at radius 1 is 1.13 bits per heavy atom. The van der Waals surface area contributed by atoms with Crippen molar-refractivity contribution in [1.82, 2.24) is 5.12 Å². The van der Waals surface area contributed by atoms with E-state index < -0.39 is 20.6 Å². The van der Waals surface area contributed by atoms with Gasteiger partial charge in [0.25, 0.3) is 5.91 Å². The zero-order valence-electron chi connectivity index (χ0n) is 7.42. The Morgan fingerprint density at radius 3 is 2.20 bits per heavy atom. The molecule has 1 aliphatic heterocycles. The molecule has 0 aromatic heterocycles. The minimum atomic E-state index is -3.85. The van der Waals surface area contributed by atoms with E-state index in [1.807, 2.05) is 0 Å². The Kier molecular flexibility index (Phi) is 2.08. The fraction of sp³-hybridized carbons (Fsp3) is 0. The summed E-state index contributed by atoms with van der Waals surface area (Å²) in [6.45, 7) is 0. The lowest BCUT2D eigenvalue weighted by Crippen LogP contribution is -2.33. The van der Waals surface area contributed by atoms with Crippen LogP contribution in [-0.2, 0) is 14.6 Å². The SMILES string of the molecule is O=C1C(S(=O)(=O)c2ccccc2)=CN1F. The van der Waals surface area contributed by atoms with E-state index in [4.69, 9.17) is 0 Å². The van der Waals surface area contributed by atoms with Crippen molar-refractivity contribution in [3.63, 3.8) is 0 Å². The summed E-state index contributed by atoms with van der Waals surface area (Å²) in [6.07, 6.45) is 0.657. The van der Waals surface area contributed by atoms with E-state index in [2.05, 4.69) is 0 Å². The molecule has 0 atom stereocenters. The molecule has 0 N–H and O–H groups in total. The van der Waals surface area contributed by atoms with Gasteiger partial charge >= 0.3 is 0 Å². The number of carbonyl (C=O) groups excluding carboxylic acids is 1. The van der Waals surface area contributed by atoms with E-state index in [1.165, 1.54) is 24.3 Å². The first kappa shape index (κ1) is 9.85. The largest absolute Gasteiger partial charge is 0.299 e. The maximum absolute atomic E-state index is 12.3. The molecule has 0 bridgehead atoms. The summed E-state index contributed by atoms with van der Waals surface area (Å²) in [6, 6.07) is 7.42. The van der Waals surface area contributed by atoms with Gasteiger partial charge in [-0.05, 0) is 12.1 Å². The summed E-state index contributed by atoms with van der Waals surface area (Å²) in [5.74, 6) is -1.13. The average molecular weight is 227 g/mol. The van der Waals surface area contributed by atoms with Crippen LogP contribution in [-0.4, -0.2) is 19.4 Å². The fourth-order valence-corrected chi connectivity index (χ4v) is 2.48. The molecule has 6 heteroatoms. The Labute approximate surface area is 85.5 Å². The molecule has 1 amide bonds. The Balaban J connectivity index is 2.47. The van der Waals surface area contributed by atoms with Crippen LogP contribution < -0.4 is 0 Å². The highest BCUT2D eigenvalue weighted by Crippen LogP contribution is 2.27. The van der Waals surface area contributed by atoms with Crippen LogP contribution in [0.2, 0.25) is 0 Å². The number of carbonyl (C=O) groups is 1. The maximum atomic E-state index is 12.3. The molecule has 1 heterocycles. The number of hydrogen-bond donors (Lipinski definition) is 0. The van der Waals surface area contributed by atoms with E-state index in [9.17, 15) is 17.7 Å². The minimum absolute atomic E-state index is 0.0160. The molecule has 15 heavy (non-hydrogen) atoms. The third kappa shape index (κ3) is 1.42. The van der Waals surface area contributed by atoms with Gasteiger partial charge in [-0.15, -0.1) is 5.12 Å². The van der Waals surface area contributed by atoms with E-state index in [-0.39, 0.29) is 10.0 Å². The van der Waals surface area contributed by atoms with Crippen LogP contribution in [0.25, 0.3) is 0 Å². The van der Waals surface area contributed by atoms with Crippen LogP contribution >= 0.6 is 0 Å². The van der Waals surface area contributed by atoms with Crippen molar-refractivity contribution in [2.24, 2.45) is 0 Å². The van der Waals surface area contributed by atoms with Crippen LogP contribution in [0.5, 0.6) is 0 Å². The van der Waals surface area contributed by atoms with Crippen molar-refractivity contribution in [2.45, 2.75) is 4.90 Å². The van der Waals surface area contributed by atoms with Gasteiger partial charge in [-0.1, -0.05) is 22.7 Å². The summed E-state index contributed by atoms with van der Waals surface area (Å²) in [5, 5.41) is -0.254. The van der Waals surface area contributed by atoms with Crippen LogP contribution in [0.3, 0.4) is 0 Å². The third-order valence-electron chi connectivity index (χ3n) is 1.98. The molecular formula is C9H6FNO3S. The highest BCUT2D eigenvalue weighted by molar-refractivity contribution is 7.96. The van der Waals surface area contributed by atoms with E-state index >= 15 is 0 Å². The first-order valence-corrected chi connectivity index (χ1v) is 5.53. The Hall–Kier alpha value is -1.69. The van der Waals surface area contributed by atoms with Gasteiger partial charge in [0, 0.05) is 0 Å². The summed E-state index contributed by atoms with van der Waals surface area (Å²) < 4.78 is 35.7. The van der Waals surface area contributed by atoms with Gasteiger partial charge in [0.1, 0.15) is 0 Å². The average Bonchev–Trinajstić information content (AvgIpc) is 2.26. The van der Waals surface area contributed by atoms with E-state index in [0.717, 1.165) is 0 Å². The molecule has 0 unspecified atom stereocenters. The summed E-state index contributed by atoms with van der Waals surface area (Å²) in [4.78, 5) is 10.4. The first-order valence-electron chi connectivity index (χ1n) is 4.05. The summed E-state index contributed by atoms with van der Waals surface area (Å²) >= 11 is 0. The lowest BCUT2D eigenvalue weighted by molar-refractivity contribution is -0.139.